The first-order valence-electron chi connectivity index (χ1n) is 4.04. The number of hydrogen-bond acceptors (Lipinski definition) is 4. The molecule has 0 amide bonds. The number of rotatable bonds is 7. The van der Waals surface area contributed by atoms with Gasteiger partial charge in [-0.3, -0.25) is 0 Å². The van der Waals surface area contributed by atoms with Gasteiger partial charge in [-0.2, -0.15) is 0 Å². The number of aldehydes is 1. The summed E-state index contributed by atoms with van der Waals surface area (Å²) in [5.41, 5.74) is 0. The molecule has 0 saturated carbocycles. The highest BCUT2D eigenvalue weighted by Crippen LogP contribution is 2.13. The Labute approximate surface area is 72.8 Å². The zero-order valence-corrected chi connectivity index (χ0v) is 7.83. The summed E-state index contributed by atoms with van der Waals surface area (Å²) in [5, 5.41) is 0. The van der Waals surface area contributed by atoms with Gasteiger partial charge in [0.05, 0.1) is 0 Å². The van der Waals surface area contributed by atoms with Crippen molar-refractivity contribution in [3.8, 4) is 0 Å². The van der Waals surface area contributed by atoms with E-state index in [0.29, 0.717) is 19.5 Å². The molecule has 0 saturated heterocycles. The summed E-state index contributed by atoms with van der Waals surface area (Å²) in [5.74, 6) is -1.08. The second-order valence-electron chi connectivity index (χ2n) is 2.21. The van der Waals surface area contributed by atoms with Crippen LogP contribution in [0.1, 0.15) is 20.8 Å². The van der Waals surface area contributed by atoms with E-state index in [1.165, 1.54) is 0 Å². The van der Waals surface area contributed by atoms with Crippen molar-refractivity contribution < 1.29 is 19.0 Å². The Morgan fingerprint density at radius 3 is 2.00 bits per heavy atom. The Kier molecular flexibility index (Phi) is 5.88. The van der Waals surface area contributed by atoms with Gasteiger partial charge in [0.15, 0.2) is 0 Å². The molecule has 0 aliphatic heterocycles. The molecule has 0 radical (unpaired) electrons. The normalized spacial score (nSPS) is 11.6. The maximum absolute atomic E-state index is 10.0. The van der Waals surface area contributed by atoms with Crippen molar-refractivity contribution in [3.05, 3.63) is 0 Å². The summed E-state index contributed by atoms with van der Waals surface area (Å²) >= 11 is 0. The Bertz CT molecular complexity index is 118. The lowest BCUT2D eigenvalue weighted by atomic mass is 10.6. The van der Waals surface area contributed by atoms with Crippen LogP contribution in [0.3, 0.4) is 0 Å². The van der Waals surface area contributed by atoms with E-state index < -0.39 is 5.97 Å². The van der Waals surface area contributed by atoms with Crippen molar-refractivity contribution in [2.24, 2.45) is 0 Å². The molecule has 0 unspecified atom stereocenters. The third-order valence-corrected chi connectivity index (χ3v) is 1.23. The molecular formula is C8H16O4. The Hall–Kier alpha value is -0.450. The summed E-state index contributed by atoms with van der Waals surface area (Å²) < 4.78 is 15.4. The molecule has 0 spiro atoms. The number of carbonyl (C=O) groups excluding carboxylic acids is 1. The fraction of sp³-hybridized carbons (Fsp3) is 0.875. The Balaban J connectivity index is 3.88. The molecule has 0 bridgehead atoms. The molecule has 0 aromatic heterocycles. The van der Waals surface area contributed by atoms with Crippen molar-refractivity contribution in [2.45, 2.75) is 26.7 Å². The lowest BCUT2D eigenvalue weighted by Gasteiger charge is -2.27. The van der Waals surface area contributed by atoms with Crippen LogP contribution in [0.4, 0.5) is 0 Å². The largest absolute Gasteiger partial charge is 0.328 e. The average Bonchev–Trinajstić information content (AvgIpc) is 2.02. The SMILES string of the molecule is CCOC(C)(OCC)OCC=O. The van der Waals surface area contributed by atoms with Crippen LogP contribution in [-0.4, -0.2) is 32.1 Å². The van der Waals surface area contributed by atoms with E-state index in [4.69, 9.17) is 14.2 Å². The fourth-order valence-electron chi connectivity index (χ4n) is 0.835. The van der Waals surface area contributed by atoms with Crippen molar-refractivity contribution in [2.75, 3.05) is 19.8 Å². The van der Waals surface area contributed by atoms with Crippen LogP contribution in [-0.2, 0) is 19.0 Å². The van der Waals surface area contributed by atoms with Crippen molar-refractivity contribution >= 4 is 6.29 Å². The minimum atomic E-state index is -1.08. The van der Waals surface area contributed by atoms with Gasteiger partial charge < -0.3 is 19.0 Å². The molecule has 0 aliphatic rings. The Morgan fingerprint density at radius 2 is 1.67 bits per heavy atom. The van der Waals surface area contributed by atoms with E-state index in [1.54, 1.807) is 6.92 Å². The van der Waals surface area contributed by atoms with E-state index >= 15 is 0 Å². The highest BCUT2D eigenvalue weighted by atomic mass is 16.9. The monoisotopic (exact) mass is 176 g/mol. The number of carbonyl (C=O) groups is 1. The first-order chi connectivity index (χ1) is 5.68. The molecule has 0 atom stereocenters. The predicted octanol–water partition coefficient (Wildman–Crippen LogP) is 0.949. The zero-order chi connectivity index (χ0) is 9.45. The average molecular weight is 176 g/mol. The molecule has 0 N–H and O–H groups in total. The molecule has 4 heteroatoms. The molecule has 0 aromatic rings. The van der Waals surface area contributed by atoms with Crippen LogP contribution < -0.4 is 0 Å². The summed E-state index contributed by atoms with van der Waals surface area (Å²) in [4.78, 5) is 10.0. The van der Waals surface area contributed by atoms with E-state index in [0.717, 1.165) is 0 Å². The first kappa shape index (κ1) is 11.6. The minimum absolute atomic E-state index is 0.0174. The zero-order valence-electron chi connectivity index (χ0n) is 7.83. The Morgan fingerprint density at radius 1 is 1.17 bits per heavy atom. The van der Waals surface area contributed by atoms with Gasteiger partial charge in [-0.25, -0.2) is 0 Å². The maximum atomic E-state index is 10.0. The summed E-state index contributed by atoms with van der Waals surface area (Å²) in [6.45, 7) is 6.26. The summed E-state index contributed by atoms with van der Waals surface area (Å²) in [6, 6.07) is 0. The first-order valence-corrected chi connectivity index (χ1v) is 4.04. The molecule has 4 nitrogen and oxygen atoms in total. The number of ether oxygens (including phenoxy) is 3. The number of hydrogen-bond donors (Lipinski definition) is 0. The topological polar surface area (TPSA) is 44.8 Å². The van der Waals surface area contributed by atoms with E-state index in [9.17, 15) is 4.79 Å². The highest BCUT2D eigenvalue weighted by Gasteiger charge is 2.25. The fourth-order valence-corrected chi connectivity index (χ4v) is 0.835. The van der Waals surface area contributed by atoms with Crippen LogP contribution in [0.15, 0.2) is 0 Å². The molecule has 0 aromatic carbocycles. The molecule has 0 fully saturated rings. The second-order valence-corrected chi connectivity index (χ2v) is 2.21. The lowest BCUT2D eigenvalue weighted by molar-refractivity contribution is -0.363. The van der Waals surface area contributed by atoms with Gasteiger partial charge in [0.2, 0.25) is 0 Å². The highest BCUT2D eigenvalue weighted by molar-refractivity contribution is 5.50. The molecule has 0 heterocycles. The van der Waals surface area contributed by atoms with Crippen LogP contribution in [0.5, 0.6) is 0 Å². The maximum Gasteiger partial charge on any atom is 0.280 e. The second kappa shape index (κ2) is 6.11. The molecule has 72 valence electrons. The quantitative estimate of drug-likeness (QED) is 0.428. The molecule has 0 rings (SSSR count). The van der Waals surface area contributed by atoms with Gasteiger partial charge in [-0.1, -0.05) is 0 Å². The van der Waals surface area contributed by atoms with Crippen molar-refractivity contribution in [1.82, 2.24) is 0 Å². The predicted molar refractivity (Wildman–Crippen MR) is 43.7 cm³/mol. The van der Waals surface area contributed by atoms with Crippen LogP contribution in [0.25, 0.3) is 0 Å². The van der Waals surface area contributed by atoms with Crippen LogP contribution in [0.2, 0.25) is 0 Å². The van der Waals surface area contributed by atoms with Gasteiger partial charge in [0, 0.05) is 20.1 Å². The third-order valence-electron chi connectivity index (χ3n) is 1.23. The van der Waals surface area contributed by atoms with Crippen LogP contribution in [0, 0.1) is 0 Å². The van der Waals surface area contributed by atoms with Crippen molar-refractivity contribution in [3.63, 3.8) is 0 Å². The minimum Gasteiger partial charge on any atom is -0.328 e. The molecule has 12 heavy (non-hydrogen) atoms. The van der Waals surface area contributed by atoms with Gasteiger partial charge in [-0.15, -0.1) is 0 Å². The molecule has 0 aliphatic carbocycles. The summed E-state index contributed by atoms with van der Waals surface area (Å²) in [6.07, 6.45) is 0.663. The smallest absolute Gasteiger partial charge is 0.280 e. The standard InChI is InChI=1S/C8H16O4/c1-4-10-8(3,11-5-2)12-7-6-9/h6H,4-5,7H2,1-3H3. The van der Waals surface area contributed by atoms with Gasteiger partial charge in [0.25, 0.3) is 5.97 Å². The van der Waals surface area contributed by atoms with E-state index in [1.807, 2.05) is 13.8 Å². The van der Waals surface area contributed by atoms with Gasteiger partial charge >= 0.3 is 0 Å². The van der Waals surface area contributed by atoms with Crippen molar-refractivity contribution in [1.29, 1.82) is 0 Å². The third kappa shape index (κ3) is 4.43. The summed E-state index contributed by atoms with van der Waals surface area (Å²) in [7, 11) is 0. The lowest BCUT2D eigenvalue weighted by Crippen LogP contribution is -2.36. The van der Waals surface area contributed by atoms with E-state index in [2.05, 4.69) is 0 Å². The van der Waals surface area contributed by atoms with Gasteiger partial charge in [0.1, 0.15) is 12.9 Å². The molecular weight excluding hydrogens is 160 g/mol. The van der Waals surface area contributed by atoms with Gasteiger partial charge in [-0.05, 0) is 13.8 Å². The van der Waals surface area contributed by atoms with Crippen LogP contribution >= 0.6 is 0 Å². The van der Waals surface area contributed by atoms with E-state index in [-0.39, 0.29) is 6.61 Å².